The lowest BCUT2D eigenvalue weighted by atomic mass is 10.1. The molecule has 2 N–H and O–H groups in total. The van der Waals surface area contributed by atoms with E-state index >= 15 is 0 Å². The molecule has 0 aliphatic carbocycles. The molecule has 0 bridgehead atoms. The van der Waals surface area contributed by atoms with Gasteiger partial charge < -0.3 is 15.2 Å². The number of piperazine rings is 1. The van der Waals surface area contributed by atoms with Crippen LogP contribution in [0.3, 0.4) is 0 Å². The first-order valence-corrected chi connectivity index (χ1v) is 9.50. The maximum Gasteiger partial charge on any atom is 0.193 e. The number of aliphatic imine (C=N–C) groups is 1. The maximum absolute atomic E-state index is 13.5. The zero-order valence-corrected chi connectivity index (χ0v) is 18.8. The highest BCUT2D eigenvalue weighted by Gasteiger charge is 2.19. The van der Waals surface area contributed by atoms with Crippen LogP contribution in [0.15, 0.2) is 29.4 Å². The van der Waals surface area contributed by atoms with Crippen LogP contribution in [0.4, 0.5) is 4.39 Å². The monoisotopic (exact) mass is 487 g/mol. The zero-order valence-electron chi connectivity index (χ0n) is 16.5. The minimum absolute atomic E-state index is 0. The number of benzene rings is 1. The van der Waals surface area contributed by atoms with Crippen LogP contribution < -0.4 is 5.32 Å². The Hall–Kier alpha value is -1.35. The number of hydrogen-bond acceptors (Lipinski definition) is 2. The Labute approximate surface area is 178 Å². The van der Waals surface area contributed by atoms with Crippen molar-refractivity contribution in [1.29, 1.82) is 0 Å². The molecule has 7 heteroatoms. The van der Waals surface area contributed by atoms with Crippen LogP contribution >= 0.6 is 24.0 Å². The van der Waals surface area contributed by atoms with Crippen LogP contribution in [0, 0.1) is 11.7 Å². The number of nitrogens with one attached hydrogen (secondary N) is 2. The molecular formula is C20H31FIN5. The van der Waals surface area contributed by atoms with Crippen molar-refractivity contribution in [3.63, 3.8) is 0 Å². The summed E-state index contributed by atoms with van der Waals surface area (Å²) in [5, 5.41) is 4.42. The summed E-state index contributed by atoms with van der Waals surface area (Å²) in [6.45, 7) is 10.7. The van der Waals surface area contributed by atoms with E-state index in [0.717, 1.165) is 68.1 Å². The van der Waals surface area contributed by atoms with E-state index < -0.39 is 0 Å². The normalized spacial score (nSPS) is 16.0. The molecule has 2 heterocycles. The third-order valence-corrected chi connectivity index (χ3v) is 4.91. The Bertz CT molecular complexity index is 750. The van der Waals surface area contributed by atoms with Crippen LogP contribution in [-0.4, -0.2) is 67.1 Å². The average Bonchev–Trinajstić information content (AvgIpc) is 3.01. The first-order chi connectivity index (χ1) is 12.6. The van der Waals surface area contributed by atoms with Crippen molar-refractivity contribution in [2.24, 2.45) is 10.9 Å². The fourth-order valence-corrected chi connectivity index (χ4v) is 3.66. The second-order valence-electron chi connectivity index (χ2n) is 7.41. The van der Waals surface area contributed by atoms with Crippen LogP contribution in [0.2, 0.25) is 0 Å². The molecule has 1 aromatic heterocycles. The van der Waals surface area contributed by atoms with Crippen LogP contribution in [0.1, 0.15) is 19.4 Å². The van der Waals surface area contributed by atoms with E-state index in [1.807, 2.05) is 13.2 Å². The Morgan fingerprint density at radius 3 is 2.67 bits per heavy atom. The number of hydrogen-bond donors (Lipinski definition) is 2. The quantitative estimate of drug-likeness (QED) is 0.387. The summed E-state index contributed by atoms with van der Waals surface area (Å²) in [5.41, 5.74) is 2.11. The molecule has 1 fully saturated rings. The van der Waals surface area contributed by atoms with E-state index in [4.69, 9.17) is 0 Å². The first-order valence-electron chi connectivity index (χ1n) is 9.50. The maximum atomic E-state index is 13.5. The minimum Gasteiger partial charge on any atom is -0.361 e. The molecule has 0 saturated carbocycles. The minimum atomic E-state index is -0.193. The van der Waals surface area contributed by atoms with Gasteiger partial charge >= 0.3 is 0 Å². The second kappa shape index (κ2) is 10.3. The van der Waals surface area contributed by atoms with E-state index in [1.165, 1.54) is 6.07 Å². The number of halogens is 2. The van der Waals surface area contributed by atoms with Gasteiger partial charge in [-0.2, -0.15) is 0 Å². The Morgan fingerprint density at radius 2 is 2.00 bits per heavy atom. The fraction of sp³-hybridized carbons (Fsp3) is 0.550. The van der Waals surface area contributed by atoms with E-state index in [-0.39, 0.29) is 29.8 Å². The highest BCUT2D eigenvalue weighted by Crippen LogP contribution is 2.19. The highest BCUT2D eigenvalue weighted by molar-refractivity contribution is 14.0. The highest BCUT2D eigenvalue weighted by atomic mass is 127. The average molecular weight is 487 g/mol. The smallest absolute Gasteiger partial charge is 0.193 e. The second-order valence-corrected chi connectivity index (χ2v) is 7.41. The van der Waals surface area contributed by atoms with Gasteiger partial charge in [0.2, 0.25) is 0 Å². The van der Waals surface area contributed by atoms with Gasteiger partial charge in [-0.15, -0.1) is 24.0 Å². The van der Waals surface area contributed by atoms with Crippen LogP contribution in [-0.2, 0) is 6.42 Å². The fourth-order valence-electron chi connectivity index (χ4n) is 3.66. The number of H-pyrrole nitrogens is 1. The molecule has 0 spiro atoms. The first kappa shape index (κ1) is 21.9. The molecule has 1 aliphatic heterocycles. The van der Waals surface area contributed by atoms with Crippen LogP contribution in [0.25, 0.3) is 10.9 Å². The van der Waals surface area contributed by atoms with Gasteiger partial charge in [0.25, 0.3) is 0 Å². The van der Waals surface area contributed by atoms with Crippen molar-refractivity contribution in [2.75, 3.05) is 46.3 Å². The van der Waals surface area contributed by atoms with Gasteiger partial charge in [-0.1, -0.05) is 13.8 Å². The van der Waals surface area contributed by atoms with Gasteiger partial charge in [0.05, 0.1) is 0 Å². The summed E-state index contributed by atoms with van der Waals surface area (Å²) >= 11 is 0. The summed E-state index contributed by atoms with van der Waals surface area (Å²) in [7, 11) is 1.84. The van der Waals surface area contributed by atoms with Gasteiger partial charge in [-0.05, 0) is 36.1 Å². The number of aromatic amines is 1. The lowest BCUT2D eigenvalue weighted by Gasteiger charge is -2.37. The lowest BCUT2D eigenvalue weighted by molar-refractivity contribution is 0.164. The van der Waals surface area contributed by atoms with E-state index in [0.29, 0.717) is 5.92 Å². The largest absolute Gasteiger partial charge is 0.361 e. The Kier molecular flexibility index (Phi) is 8.34. The summed E-state index contributed by atoms with van der Waals surface area (Å²) in [6.07, 6.45) is 2.80. The molecule has 1 aromatic carbocycles. The Balaban J connectivity index is 0.00000261. The molecular weight excluding hydrogens is 456 g/mol. The number of fused-ring (bicyclic) bond motifs is 1. The molecule has 0 atom stereocenters. The van der Waals surface area contributed by atoms with Crippen molar-refractivity contribution < 1.29 is 4.39 Å². The van der Waals surface area contributed by atoms with Crippen molar-refractivity contribution >= 4 is 40.8 Å². The SMILES string of the molecule is CN=C(NCCc1c[nH]c2ccc(F)cc12)N1CCN(CC(C)C)CC1.I. The molecule has 1 saturated heterocycles. The molecule has 150 valence electrons. The van der Waals surface area contributed by atoms with Gasteiger partial charge in [0.1, 0.15) is 5.82 Å². The lowest BCUT2D eigenvalue weighted by Crippen LogP contribution is -2.53. The molecule has 2 aromatic rings. The molecule has 0 amide bonds. The topological polar surface area (TPSA) is 46.7 Å². The third kappa shape index (κ3) is 5.81. The van der Waals surface area contributed by atoms with Gasteiger partial charge in [0, 0.05) is 63.4 Å². The molecule has 3 rings (SSSR count). The van der Waals surface area contributed by atoms with Gasteiger partial charge in [-0.3, -0.25) is 9.89 Å². The summed E-state index contributed by atoms with van der Waals surface area (Å²) in [6, 6.07) is 4.88. The predicted octanol–water partition coefficient (Wildman–Crippen LogP) is 3.32. The predicted molar refractivity (Wildman–Crippen MR) is 122 cm³/mol. The van der Waals surface area contributed by atoms with Crippen molar-refractivity contribution in [3.05, 3.63) is 35.8 Å². The summed E-state index contributed by atoms with van der Waals surface area (Å²) in [5.74, 6) is 1.47. The molecule has 0 radical (unpaired) electrons. The molecule has 5 nitrogen and oxygen atoms in total. The molecule has 0 unspecified atom stereocenters. The third-order valence-electron chi connectivity index (χ3n) is 4.91. The van der Waals surface area contributed by atoms with E-state index in [9.17, 15) is 4.39 Å². The van der Waals surface area contributed by atoms with E-state index in [1.54, 1.807) is 12.1 Å². The summed E-state index contributed by atoms with van der Waals surface area (Å²) in [4.78, 5) is 12.5. The molecule has 27 heavy (non-hydrogen) atoms. The van der Waals surface area contributed by atoms with Crippen LogP contribution in [0.5, 0.6) is 0 Å². The summed E-state index contributed by atoms with van der Waals surface area (Å²) < 4.78 is 13.5. The number of aromatic nitrogens is 1. The van der Waals surface area contributed by atoms with Crippen molar-refractivity contribution in [1.82, 2.24) is 20.1 Å². The number of guanidine groups is 1. The number of nitrogens with zero attached hydrogens (tertiary/aromatic N) is 3. The number of rotatable bonds is 5. The van der Waals surface area contributed by atoms with E-state index in [2.05, 4.69) is 38.9 Å². The van der Waals surface area contributed by atoms with Crippen molar-refractivity contribution in [3.8, 4) is 0 Å². The Morgan fingerprint density at radius 1 is 1.26 bits per heavy atom. The molecule has 1 aliphatic rings. The standard InChI is InChI=1S/C20H30FN5.HI/c1-15(2)14-25-8-10-26(11-9-25)20(22-3)23-7-6-16-13-24-19-5-4-17(21)12-18(16)19;/h4-5,12-13,15,24H,6-11,14H2,1-3H3,(H,22,23);1H. The van der Waals surface area contributed by atoms with Crippen molar-refractivity contribution in [2.45, 2.75) is 20.3 Å². The zero-order chi connectivity index (χ0) is 18.5. The van der Waals surface area contributed by atoms with Gasteiger partial charge in [-0.25, -0.2) is 4.39 Å². The van der Waals surface area contributed by atoms with Gasteiger partial charge in [0.15, 0.2) is 5.96 Å².